The Morgan fingerprint density at radius 3 is 2.62 bits per heavy atom. The molecule has 0 radical (unpaired) electrons. The average molecular weight is 370 g/mol. The highest BCUT2D eigenvalue weighted by Crippen LogP contribution is 2.22. The summed E-state index contributed by atoms with van der Waals surface area (Å²) < 4.78 is 1.70. The molecule has 3 rings (SSSR count). The molecule has 0 aliphatic rings. The lowest BCUT2D eigenvalue weighted by Crippen LogP contribution is -2.32. The zero-order valence-corrected chi connectivity index (χ0v) is 15.4. The minimum Gasteiger partial charge on any atom is -0.324 e. The standard InChI is InChI=1S/C19H20ClN5O/c1-14(15-7-9-16(10-8-15)25-13-21-12-22-25)24(2)11-19(26)23-18-6-4-3-5-17(18)20/h3-10,12-14H,11H2,1-2H3,(H,23,26). The monoisotopic (exact) mass is 369 g/mol. The molecule has 1 atom stereocenters. The molecule has 134 valence electrons. The van der Waals surface area contributed by atoms with Gasteiger partial charge in [0.1, 0.15) is 12.7 Å². The van der Waals surface area contributed by atoms with E-state index in [-0.39, 0.29) is 18.5 Å². The molecule has 1 N–H and O–H groups in total. The van der Waals surface area contributed by atoms with Crippen molar-refractivity contribution >= 4 is 23.2 Å². The van der Waals surface area contributed by atoms with Crippen molar-refractivity contribution in [3.63, 3.8) is 0 Å². The number of carbonyl (C=O) groups excluding carboxylic acids is 1. The van der Waals surface area contributed by atoms with Gasteiger partial charge in [-0.15, -0.1) is 0 Å². The Bertz CT molecular complexity index is 864. The quantitative estimate of drug-likeness (QED) is 0.721. The highest BCUT2D eigenvalue weighted by molar-refractivity contribution is 6.33. The maximum absolute atomic E-state index is 12.3. The van der Waals surface area contributed by atoms with E-state index >= 15 is 0 Å². The van der Waals surface area contributed by atoms with E-state index in [4.69, 9.17) is 11.6 Å². The molecule has 1 unspecified atom stereocenters. The van der Waals surface area contributed by atoms with Crippen molar-refractivity contribution in [2.24, 2.45) is 0 Å². The molecule has 0 saturated carbocycles. The second-order valence-corrected chi connectivity index (χ2v) is 6.46. The van der Waals surface area contributed by atoms with Gasteiger partial charge < -0.3 is 5.32 Å². The van der Waals surface area contributed by atoms with E-state index < -0.39 is 0 Å². The van der Waals surface area contributed by atoms with E-state index in [0.29, 0.717) is 10.7 Å². The SMILES string of the molecule is CC(c1ccc(-n2cncn2)cc1)N(C)CC(=O)Nc1ccccc1Cl. The van der Waals surface area contributed by atoms with Crippen molar-refractivity contribution in [2.45, 2.75) is 13.0 Å². The number of amides is 1. The number of likely N-dealkylation sites (N-methyl/N-ethyl adjacent to an activating group) is 1. The average Bonchev–Trinajstić information content (AvgIpc) is 3.18. The molecule has 3 aromatic rings. The second-order valence-electron chi connectivity index (χ2n) is 6.05. The van der Waals surface area contributed by atoms with Crippen molar-refractivity contribution in [1.29, 1.82) is 0 Å². The molecule has 0 aliphatic carbocycles. The van der Waals surface area contributed by atoms with Gasteiger partial charge in [-0.3, -0.25) is 9.69 Å². The van der Waals surface area contributed by atoms with Gasteiger partial charge in [0, 0.05) is 6.04 Å². The van der Waals surface area contributed by atoms with E-state index in [0.717, 1.165) is 11.3 Å². The summed E-state index contributed by atoms with van der Waals surface area (Å²) in [5, 5.41) is 7.49. The number of nitrogens with one attached hydrogen (secondary N) is 1. The van der Waals surface area contributed by atoms with Crippen LogP contribution in [0, 0.1) is 0 Å². The van der Waals surface area contributed by atoms with Gasteiger partial charge >= 0.3 is 0 Å². The van der Waals surface area contributed by atoms with Crippen molar-refractivity contribution < 1.29 is 4.79 Å². The molecule has 2 aromatic carbocycles. The molecule has 0 fully saturated rings. The van der Waals surface area contributed by atoms with E-state index in [9.17, 15) is 4.79 Å². The predicted molar refractivity (Wildman–Crippen MR) is 102 cm³/mol. The highest BCUT2D eigenvalue weighted by atomic mass is 35.5. The van der Waals surface area contributed by atoms with Gasteiger partial charge in [-0.1, -0.05) is 35.9 Å². The minimum atomic E-state index is -0.105. The van der Waals surface area contributed by atoms with Gasteiger partial charge in [0.05, 0.1) is 22.9 Å². The number of halogens is 1. The Hall–Kier alpha value is -2.70. The Labute approximate surface area is 157 Å². The summed E-state index contributed by atoms with van der Waals surface area (Å²) >= 11 is 6.08. The summed E-state index contributed by atoms with van der Waals surface area (Å²) in [4.78, 5) is 18.2. The van der Waals surface area contributed by atoms with Gasteiger partial charge in [0.25, 0.3) is 0 Å². The van der Waals surface area contributed by atoms with Crippen LogP contribution in [0.25, 0.3) is 5.69 Å². The van der Waals surface area contributed by atoms with Crippen LogP contribution in [0.1, 0.15) is 18.5 Å². The Balaban J connectivity index is 1.61. The molecule has 26 heavy (non-hydrogen) atoms. The van der Waals surface area contributed by atoms with Crippen LogP contribution in [0.2, 0.25) is 5.02 Å². The lowest BCUT2D eigenvalue weighted by atomic mass is 10.1. The molecule has 0 spiro atoms. The molecule has 6 nitrogen and oxygen atoms in total. The molecule has 1 aromatic heterocycles. The van der Waals surface area contributed by atoms with Crippen LogP contribution in [0.15, 0.2) is 61.2 Å². The lowest BCUT2D eigenvalue weighted by Gasteiger charge is -2.24. The number of anilines is 1. The maximum atomic E-state index is 12.3. The number of hydrogen-bond acceptors (Lipinski definition) is 4. The number of para-hydroxylation sites is 1. The van der Waals surface area contributed by atoms with Crippen LogP contribution in [0.3, 0.4) is 0 Å². The normalized spacial score (nSPS) is 12.2. The van der Waals surface area contributed by atoms with Crippen molar-refractivity contribution in [3.05, 3.63) is 71.8 Å². The molecule has 0 bridgehead atoms. The zero-order valence-electron chi connectivity index (χ0n) is 14.6. The molecule has 7 heteroatoms. The number of aromatic nitrogens is 3. The van der Waals surface area contributed by atoms with Crippen molar-refractivity contribution in [1.82, 2.24) is 19.7 Å². The summed E-state index contributed by atoms with van der Waals surface area (Å²) in [6.45, 7) is 2.32. The first-order valence-electron chi connectivity index (χ1n) is 8.24. The van der Waals surface area contributed by atoms with Crippen LogP contribution >= 0.6 is 11.6 Å². The first kappa shape index (κ1) is 18.1. The predicted octanol–water partition coefficient (Wildman–Crippen LogP) is 3.55. The van der Waals surface area contributed by atoms with E-state index in [1.807, 2.05) is 48.3 Å². The smallest absolute Gasteiger partial charge is 0.238 e. The second kappa shape index (κ2) is 8.12. The van der Waals surface area contributed by atoms with Gasteiger partial charge in [0.2, 0.25) is 5.91 Å². The fraction of sp³-hybridized carbons (Fsp3) is 0.211. The number of rotatable bonds is 6. The number of carbonyl (C=O) groups is 1. The van der Waals surface area contributed by atoms with Crippen molar-refractivity contribution in [3.8, 4) is 5.69 Å². The van der Waals surface area contributed by atoms with Gasteiger partial charge in [0.15, 0.2) is 0 Å². The summed E-state index contributed by atoms with van der Waals surface area (Å²) in [6.07, 6.45) is 3.16. The molecule has 1 amide bonds. The van der Waals surface area contributed by atoms with E-state index in [2.05, 4.69) is 22.3 Å². The first-order valence-corrected chi connectivity index (χ1v) is 8.62. The van der Waals surface area contributed by atoms with Crippen LogP contribution in [0.5, 0.6) is 0 Å². The fourth-order valence-corrected chi connectivity index (χ4v) is 2.80. The van der Waals surface area contributed by atoms with Crippen LogP contribution < -0.4 is 5.32 Å². The van der Waals surface area contributed by atoms with Gasteiger partial charge in [-0.25, -0.2) is 9.67 Å². The van der Waals surface area contributed by atoms with Gasteiger partial charge in [-0.05, 0) is 43.8 Å². The number of hydrogen-bond donors (Lipinski definition) is 1. The minimum absolute atomic E-state index is 0.0804. The number of benzene rings is 2. The maximum Gasteiger partial charge on any atom is 0.238 e. The fourth-order valence-electron chi connectivity index (χ4n) is 2.62. The Morgan fingerprint density at radius 1 is 1.23 bits per heavy atom. The van der Waals surface area contributed by atoms with Crippen LogP contribution in [-0.2, 0) is 4.79 Å². The molecule has 1 heterocycles. The van der Waals surface area contributed by atoms with Gasteiger partial charge in [-0.2, -0.15) is 5.10 Å². The van der Waals surface area contributed by atoms with Crippen molar-refractivity contribution in [2.75, 3.05) is 18.9 Å². The van der Waals surface area contributed by atoms with E-state index in [1.165, 1.54) is 6.33 Å². The van der Waals surface area contributed by atoms with Crippen LogP contribution in [0.4, 0.5) is 5.69 Å². The summed E-state index contributed by atoms with van der Waals surface area (Å²) in [6, 6.07) is 15.3. The summed E-state index contributed by atoms with van der Waals surface area (Å²) in [5.41, 5.74) is 2.68. The third kappa shape index (κ3) is 4.28. The number of nitrogens with zero attached hydrogens (tertiary/aromatic N) is 4. The third-order valence-electron chi connectivity index (χ3n) is 4.26. The topological polar surface area (TPSA) is 63.1 Å². The highest BCUT2D eigenvalue weighted by Gasteiger charge is 2.15. The molecular formula is C19H20ClN5O. The molecule has 0 aliphatic heterocycles. The van der Waals surface area contributed by atoms with Crippen LogP contribution in [-0.4, -0.2) is 39.2 Å². The zero-order chi connectivity index (χ0) is 18.5. The molecule has 0 saturated heterocycles. The summed E-state index contributed by atoms with van der Waals surface area (Å²) in [5.74, 6) is -0.105. The lowest BCUT2D eigenvalue weighted by molar-refractivity contribution is -0.117. The van der Waals surface area contributed by atoms with E-state index in [1.54, 1.807) is 23.1 Å². The Kier molecular flexibility index (Phi) is 5.65. The molecular weight excluding hydrogens is 350 g/mol. The third-order valence-corrected chi connectivity index (χ3v) is 4.59. The Morgan fingerprint density at radius 2 is 1.96 bits per heavy atom. The first-order chi connectivity index (χ1) is 12.5. The summed E-state index contributed by atoms with van der Waals surface area (Å²) in [7, 11) is 1.92. The largest absolute Gasteiger partial charge is 0.324 e.